The minimum absolute atomic E-state index is 0.0410. The average molecular weight is 714 g/mol. The number of rotatable bonds is 9. The van der Waals surface area contributed by atoms with Gasteiger partial charge in [0.25, 0.3) is 5.69 Å². The van der Waals surface area contributed by atoms with Crippen LogP contribution in [0.1, 0.15) is 102 Å². The molecule has 276 valence electrons. The summed E-state index contributed by atoms with van der Waals surface area (Å²) in [5.41, 5.74) is 8.85. The number of carbonyl (C=O) groups excluding carboxylic acids is 1. The Bertz CT molecular complexity index is 2200. The molecule has 0 unspecified atom stereocenters. The van der Waals surface area contributed by atoms with Crippen LogP contribution in [0.25, 0.3) is 33.5 Å². The maximum absolute atomic E-state index is 12.4. The van der Waals surface area contributed by atoms with E-state index in [1.54, 1.807) is 12.1 Å². The third-order valence-corrected chi connectivity index (χ3v) is 11.8. The Morgan fingerprint density at radius 1 is 1.00 bits per heavy atom. The third-order valence-electron chi connectivity index (χ3n) is 11.8. The first-order chi connectivity index (χ1) is 25.1. The van der Waals surface area contributed by atoms with E-state index < -0.39 is 11.6 Å². The minimum atomic E-state index is -0.598. The fourth-order valence-corrected chi connectivity index (χ4v) is 9.43. The molecule has 0 spiro atoms. The summed E-state index contributed by atoms with van der Waals surface area (Å²) in [6.07, 6.45) is 6.27. The Morgan fingerprint density at radius 2 is 1.79 bits per heavy atom. The summed E-state index contributed by atoms with van der Waals surface area (Å²) in [5, 5.41) is 12.4. The van der Waals surface area contributed by atoms with Crippen LogP contribution in [0.3, 0.4) is 0 Å². The second kappa shape index (κ2) is 13.8. The van der Waals surface area contributed by atoms with E-state index in [-0.39, 0.29) is 28.0 Å². The fraction of sp³-hybridized carbons (Fsp3) is 0.422. The van der Waals surface area contributed by atoms with E-state index in [1.807, 2.05) is 69.3 Å². The SMILES string of the molecule is CC(C)c1ccc2c(c1)CC[C@H]1[C@@](C)(Cc3c(-c4ccccc4[N+](=O)[O-])ccc4[nH]c(-c5cccc(OCC(=O)OC(C)(C)C)c5)nc34)CCC[C@]21C. The molecule has 4 aromatic carbocycles. The molecule has 53 heavy (non-hydrogen) atoms. The maximum atomic E-state index is 12.4. The zero-order valence-corrected chi connectivity index (χ0v) is 32.0. The monoisotopic (exact) mass is 713 g/mol. The summed E-state index contributed by atoms with van der Waals surface area (Å²) in [5.74, 6) is 1.69. The predicted octanol–water partition coefficient (Wildman–Crippen LogP) is 10.9. The van der Waals surface area contributed by atoms with Crippen molar-refractivity contribution in [2.75, 3.05) is 6.61 Å². The van der Waals surface area contributed by atoms with Crippen LogP contribution in [0.2, 0.25) is 0 Å². The fourth-order valence-electron chi connectivity index (χ4n) is 9.43. The molecule has 0 bridgehead atoms. The van der Waals surface area contributed by atoms with Crippen molar-refractivity contribution in [1.82, 2.24) is 9.97 Å². The minimum Gasteiger partial charge on any atom is -0.482 e. The molecule has 2 aliphatic carbocycles. The normalized spacial score (nSPS) is 21.2. The molecule has 8 heteroatoms. The van der Waals surface area contributed by atoms with Crippen LogP contribution in [0, 0.1) is 21.4 Å². The number of imidazole rings is 1. The van der Waals surface area contributed by atoms with Crippen molar-refractivity contribution in [2.45, 2.75) is 104 Å². The Hall–Kier alpha value is -4.98. The Labute approximate surface area is 312 Å². The summed E-state index contributed by atoms with van der Waals surface area (Å²) < 4.78 is 11.2. The van der Waals surface area contributed by atoms with E-state index >= 15 is 0 Å². The van der Waals surface area contributed by atoms with Gasteiger partial charge in [-0.2, -0.15) is 0 Å². The van der Waals surface area contributed by atoms with E-state index in [0.29, 0.717) is 29.0 Å². The number of aryl methyl sites for hydroxylation is 1. The van der Waals surface area contributed by atoms with Crippen molar-refractivity contribution in [3.63, 3.8) is 0 Å². The maximum Gasteiger partial charge on any atom is 0.344 e. The molecular weight excluding hydrogens is 663 g/mol. The smallest absolute Gasteiger partial charge is 0.344 e. The number of benzene rings is 4. The second-order valence-corrected chi connectivity index (χ2v) is 17.0. The number of esters is 1. The molecule has 0 radical (unpaired) electrons. The van der Waals surface area contributed by atoms with Gasteiger partial charge in [-0.3, -0.25) is 10.1 Å². The van der Waals surface area contributed by atoms with E-state index in [2.05, 4.69) is 50.9 Å². The largest absolute Gasteiger partial charge is 0.482 e. The molecule has 8 nitrogen and oxygen atoms in total. The number of aromatic nitrogens is 2. The topological polar surface area (TPSA) is 107 Å². The summed E-state index contributed by atoms with van der Waals surface area (Å²) in [7, 11) is 0. The number of nitro benzene ring substituents is 1. The van der Waals surface area contributed by atoms with Crippen molar-refractivity contribution >= 4 is 22.7 Å². The lowest BCUT2D eigenvalue weighted by Gasteiger charge is -2.56. The molecule has 7 rings (SSSR count). The number of fused-ring (bicyclic) bond motifs is 4. The van der Waals surface area contributed by atoms with Gasteiger partial charge in [0.05, 0.1) is 21.5 Å². The number of nitro groups is 1. The molecule has 2 aliphatic rings. The van der Waals surface area contributed by atoms with Gasteiger partial charge >= 0.3 is 5.97 Å². The van der Waals surface area contributed by atoms with Crippen molar-refractivity contribution < 1.29 is 19.2 Å². The molecule has 1 heterocycles. The lowest BCUT2D eigenvalue weighted by atomic mass is 9.48. The van der Waals surface area contributed by atoms with Crippen molar-refractivity contribution in [3.8, 4) is 28.3 Å². The molecule has 1 saturated carbocycles. The number of H-pyrrole nitrogens is 1. The molecular formula is C45H51N3O5. The van der Waals surface area contributed by atoms with Gasteiger partial charge in [0.15, 0.2) is 6.61 Å². The molecule has 0 amide bonds. The van der Waals surface area contributed by atoms with E-state index in [4.69, 9.17) is 14.5 Å². The number of aromatic amines is 1. The van der Waals surface area contributed by atoms with Crippen molar-refractivity contribution in [3.05, 3.63) is 111 Å². The number of carbonyl (C=O) groups is 1. The number of hydrogen-bond donors (Lipinski definition) is 1. The van der Waals surface area contributed by atoms with Crippen LogP contribution in [-0.4, -0.2) is 33.1 Å². The van der Waals surface area contributed by atoms with E-state index in [9.17, 15) is 14.9 Å². The first kappa shape index (κ1) is 36.4. The Morgan fingerprint density at radius 3 is 2.55 bits per heavy atom. The van der Waals surface area contributed by atoms with Crippen molar-refractivity contribution in [2.24, 2.45) is 11.3 Å². The van der Waals surface area contributed by atoms with Crippen molar-refractivity contribution in [1.29, 1.82) is 0 Å². The third kappa shape index (κ3) is 7.08. The van der Waals surface area contributed by atoms with Gasteiger partial charge in [0, 0.05) is 11.6 Å². The molecule has 3 atom stereocenters. The highest BCUT2D eigenvalue weighted by atomic mass is 16.6. The first-order valence-electron chi connectivity index (χ1n) is 19.0. The van der Waals surface area contributed by atoms with Crippen LogP contribution < -0.4 is 4.74 Å². The quantitative estimate of drug-likeness (QED) is 0.0925. The molecule has 1 aromatic heterocycles. The Balaban J connectivity index is 1.30. The highest BCUT2D eigenvalue weighted by molar-refractivity contribution is 5.91. The standard InChI is InChI=1S/C45H51N3O5/c1-28(2)29-16-19-36-30(24-29)17-21-39-44(6,22-11-23-45(36,39)7)26-35-33(34-14-8-9-15-38(34)48(50)51)18-20-37-41(35)47-42(46-37)31-12-10-13-32(25-31)52-27-40(49)53-43(3,4)5/h8-10,12-16,18-20,24-25,28,39H,11,17,21-23,26-27H2,1-7H3,(H,46,47)/t39-,44+,45+/m0/s1. The van der Waals surface area contributed by atoms with E-state index in [1.165, 1.54) is 16.7 Å². The molecule has 1 N–H and O–H groups in total. The van der Waals surface area contributed by atoms with Gasteiger partial charge in [-0.05, 0) is 128 Å². The Kier molecular flexibility index (Phi) is 9.46. The summed E-state index contributed by atoms with van der Waals surface area (Å²) in [6.45, 7) is 14.7. The van der Waals surface area contributed by atoms with Crippen LogP contribution in [0.15, 0.2) is 78.9 Å². The van der Waals surface area contributed by atoms with Crippen LogP contribution in [0.4, 0.5) is 5.69 Å². The number of nitrogens with zero attached hydrogens (tertiary/aromatic N) is 2. The van der Waals surface area contributed by atoms with E-state index in [0.717, 1.165) is 66.2 Å². The summed E-state index contributed by atoms with van der Waals surface area (Å²) in [4.78, 5) is 33.2. The average Bonchev–Trinajstić information content (AvgIpc) is 3.55. The second-order valence-electron chi connectivity index (χ2n) is 17.0. The molecule has 1 fully saturated rings. The van der Waals surface area contributed by atoms with Gasteiger partial charge in [-0.1, -0.05) is 82.6 Å². The van der Waals surface area contributed by atoms with Gasteiger partial charge < -0.3 is 14.5 Å². The van der Waals surface area contributed by atoms with Gasteiger partial charge in [-0.25, -0.2) is 9.78 Å². The highest BCUT2D eigenvalue weighted by Gasteiger charge is 2.52. The zero-order valence-electron chi connectivity index (χ0n) is 32.0. The lowest BCUT2D eigenvalue weighted by Crippen LogP contribution is -2.50. The number of nitrogens with one attached hydrogen (secondary N) is 1. The van der Waals surface area contributed by atoms with Gasteiger partial charge in [-0.15, -0.1) is 0 Å². The van der Waals surface area contributed by atoms with Crippen LogP contribution in [-0.2, 0) is 27.8 Å². The number of hydrogen-bond acceptors (Lipinski definition) is 6. The van der Waals surface area contributed by atoms with Gasteiger partial charge in [0.1, 0.15) is 17.2 Å². The van der Waals surface area contributed by atoms with Crippen LogP contribution >= 0.6 is 0 Å². The number of para-hydroxylation sites is 1. The zero-order chi connectivity index (χ0) is 37.7. The first-order valence-corrected chi connectivity index (χ1v) is 19.0. The molecule has 5 aromatic rings. The predicted molar refractivity (Wildman–Crippen MR) is 210 cm³/mol. The highest BCUT2D eigenvalue weighted by Crippen LogP contribution is 2.59. The molecule has 0 saturated heterocycles. The van der Waals surface area contributed by atoms with Gasteiger partial charge in [0.2, 0.25) is 0 Å². The summed E-state index contributed by atoms with van der Waals surface area (Å²) in [6, 6.07) is 25.8. The lowest BCUT2D eigenvalue weighted by molar-refractivity contribution is -0.384. The number of ether oxygens (including phenoxy) is 2. The summed E-state index contributed by atoms with van der Waals surface area (Å²) >= 11 is 0. The molecule has 0 aliphatic heterocycles. The van der Waals surface area contributed by atoms with Crippen LogP contribution in [0.5, 0.6) is 5.75 Å².